The molecule has 0 aliphatic rings. The van der Waals surface area contributed by atoms with E-state index in [-0.39, 0.29) is 24.1 Å². The Morgan fingerprint density at radius 3 is 2.39 bits per heavy atom. The van der Waals surface area contributed by atoms with Gasteiger partial charge in [-0.05, 0) is 51.4 Å². The molecule has 1 amide bonds. The van der Waals surface area contributed by atoms with Crippen molar-refractivity contribution in [1.29, 1.82) is 0 Å². The van der Waals surface area contributed by atoms with Crippen LogP contribution in [0.25, 0.3) is 0 Å². The molecule has 1 rings (SSSR count). The van der Waals surface area contributed by atoms with Gasteiger partial charge in [0.1, 0.15) is 5.82 Å². The second-order valence-corrected chi connectivity index (χ2v) is 6.13. The van der Waals surface area contributed by atoms with Gasteiger partial charge in [0.25, 0.3) is 0 Å². The number of amides is 1. The first-order valence-corrected chi connectivity index (χ1v) is 7.58. The molecule has 0 heterocycles. The number of hydrogen-bond acceptors (Lipinski definition) is 4. The molecule has 6 heteroatoms. The first kappa shape index (κ1) is 19.1. The van der Waals surface area contributed by atoms with Crippen LogP contribution in [-0.2, 0) is 20.7 Å². The van der Waals surface area contributed by atoms with Crippen LogP contribution in [-0.4, -0.2) is 37.6 Å². The minimum absolute atomic E-state index is 0.174. The van der Waals surface area contributed by atoms with E-state index in [4.69, 9.17) is 0 Å². The first-order chi connectivity index (χ1) is 10.8. The summed E-state index contributed by atoms with van der Waals surface area (Å²) >= 11 is 0. The number of hydrogen-bond donors (Lipinski definition) is 2. The summed E-state index contributed by atoms with van der Waals surface area (Å²) in [6, 6.07) is 5.74. The average Bonchev–Trinajstić information content (AvgIpc) is 2.49. The van der Waals surface area contributed by atoms with Gasteiger partial charge in [-0.25, -0.2) is 4.39 Å². The monoisotopic (exact) mass is 324 g/mol. The number of carbonyl (C=O) groups is 2. The van der Waals surface area contributed by atoms with Crippen molar-refractivity contribution in [1.82, 2.24) is 10.6 Å². The predicted molar refractivity (Wildman–Crippen MR) is 86.4 cm³/mol. The van der Waals surface area contributed by atoms with Crippen molar-refractivity contribution in [3.8, 4) is 0 Å². The van der Waals surface area contributed by atoms with Crippen LogP contribution >= 0.6 is 0 Å². The number of halogens is 1. The molecule has 0 aromatic heterocycles. The number of rotatable bonds is 8. The van der Waals surface area contributed by atoms with Gasteiger partial charge < -0.3 is 15.4 Å². The standard InChI is InChI=1S/C17H25FN2O3/c1-17(2,11-12-5-7-13(18)8-6-12)20-16(22)14(19-3)9-10-15(21)23-4/h5-8,14,19H,9-11H2,1-4H3,(H,20,22)/t14-/m0/s1. The van der Waals surface area contributed by atoms with Gasteiger partial charge in [0.15, 0.2) is 0 Å². The fourth-order valence-electron chi connectivity index (χ4n) is 2.35. The molecule has 0 saturated heterocycles. The highest BCUT2D eigenvalue weighted by Crippen LogP contribution is 2.14. The van der Waals surface area contributed by atoms with E-state index in [1.165, 1.54) is 19.2 Å². The number of likely N-dealkylation sites (N-methyl/N-ethyl adjacent to an activating group) is 1. The highest BCUT2D eigenvalue weighted by Gasteiger charge is 2.25. The summed E-state index contributed by atoms with van der Waals surface area (Å²) in [7, 11) is 3.00. The SMILES string of the molecule is CN[C@@H](CCC(=O)OC)C(=O)NC(C)(C)Cc1ccc(F)cc1. The number of ether oxygens (including phenoxy) is 1. The minimum atomic E-state index is -0.491. The van der Waals surface area contributed by atoms with Crippen LogP contribution in [0.15, 0.2) is 24.3 Å². The molecule has 128 valence electrons. The van der Waals surface area contributed by atoms with Gasteiger partial charge in [0.2, 0.25) is 5.91 Å². The molecule has 0 aliphatic carbocycles. The van der Waals surface area contributed by atoms with E-state index in [1.807, 2.05) is 13.8 Å². The van der Waals surface area contributed by atoms with Crippen molar-refractivity contribution in [2.24, 2.45) is 0 Å². The Labute approximate surface area is 136 Å². The van der Waals surface area contributed by atoms with Gasteiger partial charge >= 0.3 is 5.97 Å². The Balaban J connectivity index is 2.61. The Bertz CT molecular complexity index is 529. The largest absolute Gasteiger partial charge is 0.469 e. The van der Waals surface area contributed by atoms with Gasteiger partial charge in [-0.15, -0.1) is 0 Å². The molecule has 0 radical (unpaired) electrons. The van der Waals surface area contributed by atoms with E-state index in [1.54, 1.807) is 19.2 Å². The lowest BCUT2D eigenvalue weighted by atomic mass is 9.94. The highest BCUT2D eigenvalue weighted by atomic mass is 19.1. The van der Waals surface area contributed by atoms with Crippen LogP contribution in [0.4, 0.5) is 4.39 Å². The van der Waals surface area contributed by atoms with Crippen LogP contribution in [0.5, 0.6) is 0 Å². The van der Waals surface area contributed by atoms with Crippen LogP contribution in [0, 0.1) is 5.82 Å². The zero-order valence-corrected chi connectivity index (χ0v) is 14.1. The lowest BCUT2D eigenvalue weighted by Gasteiger charge is -2.29. The molecule has 0 fully saturated rings. The zero-order chi connectivity index (χ0) is 17.5. The summed E-state index contributed by atoms with van der Waals surface area (Å²) in [5.74, 6) is -0.805. The molecule has 1 aromatic carbocycles. The summed E-state index contributed by atoms with van der Waals surface area (Å²) < 4.78 is 17.5. The topological polar surface area (TPSA) is 67.4 Å². The fourth-order valence-corrected chi connectivity index (χ4v) is 2.35. The van der Waals surface area contributed by atoms with Crippen molar-refractivity contribution < 1.29 is 18.7 Å². The minimum Gasteiger partial charge on any atom is -0.469 e. The van der Waals surface area contributed by atoms with E-state index < -0.39 is 11.6 Å². The van der Waals surface area contributed by atoms with Crippen molar-refractivity contribution in [3.63, 3.8) is 0 Å². The maximum Gasteiger partial charge on any atom is 0.305 e. The smallest absolute Gasteiger partial charge is 0.305 e. The molecule has 1 aromatic rings. The summed E-state index contributed by atoms with van der Waals surface area (Å²) in [6.45, 7) is 3.81. The molecule has 2 N–H and O–H groups in total. The van der Waals surface area contributed by atoms with E-state index in [2.05, 4.69) is 15.4 Å². The second-order valence-electron chi connectivity index (χ2n) is 6.13. The molecule has 0 aliphatic heterocycles. The van der Waals surface area contributed by atoms with Crippen LogP contribution in [0.2, 0.25) is 0 Å². The molecule has 23 heavy (non-hydrogen) atoms. The van der Waals surface area contributed by atoms with Gasteiger partial charge in [0, 0.05) is 12.0 Å². The Kier molecular flexibility index (Phi) is 7.16. The van der Waals surface area contributed by atoms with E-state index in [9.17, 15) is 14.0 Å². The molecule has 0 spiro atoms. The van der Waals surface area contributed by atoms with Gasteiger partial charge in [0.05, 0.1) is 13.2 Å². The third-order valence-electron chi connectivity index (χ3n) is 3.55. The van der Waals surface area contributed by atoms with Crippen molar-refractivity contribution >= 4 is 11.9 Å². The quantitative estimate of drug-likeness (QED) is 0.716. The van der Waals surface area contributed by atoms with Crippen LogP contribution in [0.1, 0.15) is 32.3 Å². The summed E-state index contributed by atoms with van der Waals surface area (Å²) in [4.78, 5) is 23.5. The number of carbonyl (C=O) groups excluding carboxylic acids is 2. The maximum absolute atomic E-state index is 12.9. The Hall–Kier alpha value is -1.95. The molecular formula is C17H25FN2O3. The van der Waals surface area contributed by atoms with Crippen molar-refractivity contribution in [3.05, 3.63) is 35.6 Å². The van der Waals surface area contributed by atoms with E-state index in [0.717, 1.165) is 5.56 Å². The molecule has 0 saturated carbocycles. The highest BCUT2D eigenvalue weighted by molar-refractivity contribution is 5.83. The van der Waals surface area contributed by atoms with E-state index >= 15 is 0 Å². The summed E-state index contributed by atoms with van der Waals surface area (Å²) in [5, 5.41) is 5.87. The summed E-state index contributed by atoms with van der Waals surface area (Å²) in [6.07, 6.45) is 1.11. The van der Waals surface area contributed by atoms with Crippen LogP contribution < -0.4 is 10.6 Å². The number of benzene rings is 1. The first-order valence-electron chi connectivity index (χ1n) is 7.58. The Morgan fingerprint density at radius 2 is 1.87 bits per heavy atom. The van der Waals surface area contributed by atoms with Gasteiger partial charge in [-0.3, -0.25) is 9.59 Å². The van der Waals surface area contributed by atoms with Crippen molar-refractivity contribution in [2.75, 3.05) is 14.2 Å². The molecular weight excluding hydrogens is 299 g/mol. The lowest BCUT2D eigenvalue weighted by Crippen LogP contribution is -2.52. The van der Waals surface area contributed by atoms with Gasteiger partial charge in [-0.1, -0.05) is 12.1 Å². The number of nitrogens with one attached hydrogen (secondary N) is 2. The average molecular weight is 324 g/mol. The van der Waals surface area contributed by atoms with E-state index in [0.29, 0.717) is 12.8 Å². The third kappa shape index (κ3) is 6.78. The zero-order valence-electron chi connectivity index (χ0n) is 14.1. The van der Waals surface area contributed by atoms with Gasteiger partial charge in [-0.2, -0.15) is 0 Å². The normalized spacial score (nSPS) is 12.6. The Morgan fingerprint density at radius 1 is 1.26 bits per heavy atom. The maximum atomic E-state index is 12.9. The summed E-state index contributed by atoms with van der Waals surface area (Å²) in [5.41, 5.74) is 0.446. The number of esters is 1. The van der Waals surface area contributed by atoms with Crippen molar-refractivity contribution in [2.45, 2.75) is 44.7 Å². The predicted octanol–water partition coefficient (Wildman–Crippen LogP) is 1.80. The fraction of sp³-hybridized carbons (Fsp3) is 0.529. The molecule has 0 unspecified atom stereocenters. The molecule has 0 bridgehead atoms. The molecule has 1 atom stereocenters. The number of methoxy groups -OCH3 is 1. The second kappa shape index (κ2) is 8.62. The molecule has 5 nitrogen and oxygen atoms in total. The lowest BCUT2D eigenvalue weighted by molar-refractivity contribution is -0.140. The third-order valence-corrected chi connectivity index (χ3v) is 3.55. The van der Waals surface area contributed by atoms with Crippen LogP contribution in [0.3, 0.4) is 0 Å².